The number of rotatable bonds is 5. The molecular formula is C19H28N2O3. The number of nitrogens with zero attached hydrogens (tertiary/aromatic N) is 2. The fourth-order valence-corrected chi connectivity index (χ4v) is 4.27. The molecule has 2 aliphatic heterocycles. The smallest absolute Gasteiger partial charge is 0.0992 e. The molecule has 3 fully saturated rings. The first-order chi connectivity index (χ1) is 11.9. The van der Waals surface area contributed by atoms with Crippen LogP contribution in [0.3, 0.4) is 0 Å². The molecule has 0 radical (unpaired) electrons. The summed E-state index contributed by atoms with van der Waals surface area (Å²) in [6, 6.07) is 4.66. The number of aromatic nitrogens is 1. The molecule has 0 bridgehead atoms. The highest BCUT2D eigenvalue weighted by molar-refractivity contribution is 5.09. The van der Waals surface area contributed by atoms with Gasteiger partial charge in [-0.05, 0) is 43.2 Å². The molecule has 3 aliphatic rings. The predicted octanol–water partition coefficient (Wildman–Crippen LogP) is 2.26. The van der Waals surface area contributed by atoms with Crippen LogP contribution in [0.5, 0.6) is 0 Å². The van der Waals surface area contributed by atoms with Crippen molar-refractivity contribution in [1.29, 1.82) is 0 Å². The Hall–Kier alpha value is -1.01. The summed E-state index contributed by atoms with van der Waals surface area (Å²) in [4.78, 5) is 6.80. The maximum atomic E-state index is 6.29. The Morgan fingerprint density at radius 1 is 1.17 bits per heavy atom. The van der Waals surface area contributed by atoms with Crippen LogP contribution >= 0.6 is 0 Å². The largest absolute Gasteiger partial charge is 0.381 e. The van der Waals surface area contributed by atoms with Crippen molar-refractivity contribution in [2.45, 2.75) is 50.5 Å². The van der Waals surface area contributed by atoms with Crippen molar-refractivity contribution in [3.63, 3.8) is 0 Å². The van der Waals surface area contributed by atoms with Crippen LogP contribution in [0.4, 0.5) is 0 Å². The normalized spacial score (nSPS) is 31.9. The van der Waals surface area contributed by atoms with E-state index >= 15 is 0 Å². The van der Waals surface area contributed by atoms with Crippen LogP contribution in [0, 0.1) is 5.92 Å². The molecule has 3 atom stereocenters. The maximum absolute atomic E-state index is 6.29. The van der Waals surface area contributed by atoms with Crippen molar-refractivity contribution in [1.82, 2.24) is 9.88 Å². The molecule has 0 unspecified atom stereocenters. The minimum absolute atomic E-state index is 0.232. The number of morpholine rings is 1. The molecule has 4 rings (SSSR count). The number of hydrogen-bond acceptors (Lipinski definition) is 5. The lowest BCUT2D eigenvalue weighted by Gasteiger charge is -2.39. The van der Waals surface area contributed by atoms with E-state index in [9.17, 15) is 0 Å². The number of fused-ring (bicyclic) bond motifs is 1. The van der Waals surface area contributed by atoms with Crippen LogP contribution in [0.25, 0.3) is 0 Å². The van der Waals surface area contributed by atoms with Crippen LogP contribution in [0.2, 0.25) is 0 Å². The molecular weight excluding hydrogens is 304 g/mol. The van der Waals surface area contributed by atoms with E-state index in [-0.39, 0.29) is 12.2 Å². The van der Waals surface area contributed by atoms with Crippen LogP contribution in [0.15, 0.2) is 24.5 Å². The van der Waals surface area contributed by atoms with Gasteiger partial charge in [-0.2, -0.15) is 0 Å². The number of hydrogen-bond donors (Lipinski definition) is 0. The van der Waals surface area contributed by atoms with Crippen molar-refractivity contribution in [2.24, 2.45) is 5.92 Å². The van der Waals surface area contributed by atoms with E-state index in [1.165, 1.54) is 12.0 Å². The van der Waals surface area contributed by atoms with Gasteiger partial charge in [0.1, 0.15) is 0 Å². The van der Waals surface area contributed by atoms with Gasteiger partial charge in [-0.25, -0.2) is 0 Å². The van der Waals surface area contributed by atoms with Gasteiger partial charge < -0.3 is 14.2 Å². The topological polar surface area (TPSA) is 43.8 Å². The molecule has 2 saturated heterocycles. The minimum atomic E-state index is 0.232. The molecule has 0 aromatic carbocycles. The van der Waals surface area contributed by atoms with Gasteiger partial charge >= 0.3 is 0 Å². The summed E-state index contributed by atoms with van der Waals surface area (Å²) in [6.07, 6.45) is 8.85. The Balaban J connectivity index is 1.32. The predicted molar refractivity (Wildman–Crippen MR) is 90.7 cm³/mol. The first-order valence-electron chi connectivity index (χ1n) is 9.34. The average molecular weight is 332 g/mol. The highest BCUT2D eigenvalue weighted by Crippen LogP contribution is 2.33. The second-order valence-electron chi connectivity index (χ2n) is 7.24. The molecule has 0 spiro atoms. The zero-order valence-corrected chi connectivity index (χ0v) is 14.3. The zero-order valence-electron chi connectivity index (χ0n) is 14.3. The van der Waals surface area contributed by atoms with Gasteiger partial charge in [0.2, 0.25) is 0 Å². The molecule has 5 heteroatoms. The van der Waals surface area contributed by atoms with Gasteiger partial charge in [0.25, 0.3) is 0 Å². The van der Waals surface area contributed by atoms with Gasteiger partial charge in [0.05, 0.1) is 25.4 Å². The maximum Gasteiger partial charge on any atom is 0.0992 e. The molecule has 1 aromatic heterocycles. The van der Waals surface area contributed by atoms with Crippen LogP contribution < -0.4 is 0 Å². The van der Waals surface area contributed by atoms with Crippen LogP contribution in [-0.4, -0.2) is 61.1 Å². The molecule has 0 N–H and O–H groups in total. The summed E-state index contributed by atoms with van der Waals surface area (Å²) < 4.78 is 17.8. The first-order valence-corrected chi connectivity index (χ1v) is 9.34. The standard InChI is InChI=1S/C19H28N2O3/c1-2-16(12-20-7-1)13-21-8-11-23-19-17(21)3-4-18(19)24-14-15-5-9-22-10-6-15/h1-2,7,12,15,17-19H,3-6,8-11,13-14H2/t17-,18+,19+/m0/s1. The second-order valence-corrected chi connectivity index (χ2v) is 7.24. The third-order valence-electron chi connectivity index (χ3n) is 5.65. The van der Waals surface area contributed by atoms with Crippen LogP contribution in [-0.2, 0) is 20.8 Å². The lowest BCUT2D eigenvalue weighted by atomic mass is 10.0. The first kappa shape index (κ1) is 16.5. The van der Waals surface area contributed by atoms with Crippen molar-refractivity contribution < 1.29 is 14.2 Å². The third-order valence-corrected chi connectivity index (χ3v) is 5.65. The molecule has 132 valence electrons. The lowest BCUT2D eigenvalue weighted by molar-refractivity contribution is -0.122. The number of ether oxygens (including phenoxy) is 3. The molecule has 1 saturated carbocycles. The zero-order chi connectivity index (χ0) is 16.2. The summed E-state index contributed by atoms with van der Waals surface area (Å²) in [5, 5.41) is 0. The Morgan fingerprint density at radius 2 is 2.08 bits per heavy atom. The Labute approximate surface area is 144 Å². The highest BCUT2D eigenvalue weighted by atomic mass is 16.5. The molecule has 24 heavy (non-hydrogen) atoms. The van der Waals surface area contributed by atoms with Gasteiger partial charge in [-0.1, -0.05) is 6.07 Å². The van der Waals surface area contributed by atoms with E-state index in [1.54, 1.807) is 0 Å². The quantitative estimate of drug-likeness (QED) is 0.827. The van der Waals surface area contributed by atoms with Gasteiger partial charge in [0.15, 0.2) is 0 Å². The Morgan fingerprint density at radius 3 is 2.92 bits per heavy atom. The molecule has 0 amide bonds. The van der Waals surface area contributed by atoms with E-state index in [4.69, 9.17) is 14.2 Å². The average Bonchev–Trinajstić information content (AvgIpc) is 3.06. The van der Waals surface area contributed by atoms with E-state index in [2.05, 4.69) is 16.0 Å². The third kappa shape index (κ3) is 3.80. The summed E-state index contributed by atoms with van der Waals surface area (Å²) in [5.74, 6) is 0.660. The van der Waals surface area contributed by atoms with E-state index in [0.717, 1.165) is 58.8 Å². The van der Waals surface area contributed by atoms with E-state index in [0.29, 0.717) is 12.0 Å². The fourth-order valence-electron chi connectivity index (χ4n) is 4.27. The summed E-state index contributed by atoms with van der Waals surface area (Å²) in [5.41, 5.74) is 1.28. The second kappa shape index (κ2) is 7.91. The Bertz CT molecular complexity index is 507. The van der Waals surface area contributed by atoms with Gasteiger partial charge in [-0.15, -0.1) is 0 Å². The number of pyridine rings is 1. The fraction of sp³-hybridized carbons (Fsp3) is 0.737. The van der Waals surface area contributed by atoms with E-state index < -0.39 is 0 Å². The highest BCUT2D eigenvalue weighted by Gasteiger charge is 2.43. The van der Waals surface area contributed by atoms with Crippen molar-refractivity contribution in [2.75, 3.05) is 33.0 Å². The van der Waals surface area contributed by atoms with Gasteiger partial charge in [0, 0.05) is 44.7 Å². The Kier molecular flexibility index (Phi) is 5.43. The molecule has 1 aromatic rings. The summed E-state index contributed by atoms with van der Waals surface area (Å²) >= 11 is 0. The monoisotopic (exact) mass is 332 g/mol. The van der Waals surface area contributed by atoms with Crippen LogP contribution in [0.1, 0.15) is 31.2 Å². The summed E-state index contributed by atoms with van der Waals surface area (Å²) in [7, 11) is 0. The molecule has 5 nitrogen and oxygen atoms in total. The summed E-state index contributed by atoms with van der Waals surface area (Å²) in [6.45, 7) is 5.41. The van der Waals surface area contributed by atoms with Gasteiger partial charge in [-0.3, -0.25) is 9.88 Å². The molecule has 1 aliphatic carbocycles. The molecule has 3 heterocycles. The van der Waals surface area contributed by atoms with Crippen molar-refractivity contribution in [3.05, 3.63) is 30.1 Å². The van der Waals surface area contributed by atoms with E-state index in [1.807, 2.05) is 18.5 Å². The minimum Gasteiger partial charge on any atom is -0.381 e. The van der Waals surface area contributed by atoms with Crippen molar-refractivity contribution >= 4 is 0 Å². The lowest BCUT2D eigenvalue weighted by Crippen LogP contribution is -2.51. The SMILES string of the molecule is c1cncc(CN2CCO[C@H]3[C@H](OCC4CCOCC4)CC[C@@H]32)c1. The van der Waals surface area contributed by atoms with Crippen molar-refractivity contribution in [3.8, 4) is 0 Å².